The number of imidazole rings is 1. The zero-order valence-corrected chi connectivity index (χ0v) is 21.4. The average molecular weight is 540 g/mol. The van der Waals surface area contributed by atoms with E-state index in [1.54, 1.807) is 17.0 Å². The van der Waals surface area contributed by atoms with Gasteiger partial charge in [0.2, 0.25) is 11.7 Å². The largest absolute Gasteiger partial charge is 0.465 e. The molecule has 1 N–H and O–H groups in total. The van der Waals surface area contributed by atoms with Gasteiger partial charge in [-0.15, -0.1) is 0 Å². The summed E-state index contributed by atoms with van der Waals surface area (Å²) in [6.45, 7) is 3.96. The lowest BCUT2D eigenvalue weighted by molar-refractivity contribution is -0.142. The van der Waals surface area contributed by atoms with E-state index in [1.165, 1.54) is 17.0 Å². The maximum absolute atomic E-state index is 13.9. The molecule has 38 heavy (non-hydrogen) atoms. The highest BCUT2D eigenvalue weighted by Gasteiger charge is 2.41. The number of ether oxygens (including phenoxy) is 1. The van der Waals surface area contributed by atoms with Crippen LogP contribution in [-0.2, 0) is 16.1 Å². The third kappa shape index (κ3) is 6.20. The number of hydrogen-bond donors (Lipinski definition) is 1. The first kappa shape index (κ1) is 27.7. The number of hydrogen-bond acceptors (Lipinski definition) is 5. The van der Waals surface area contributed by atoms with Gasteiger partial charge in [-0.2, -0.15) is 13.2 Å². The highest BCUT2D eigenvalue weighted by atomic mass is 19.4. The standard InChI is InChI=1S/C25H32F3N5O5/c1-16(2)12-32(23(35)21-29-19-5-3-4-6-20(19)33(21)15-25(26,27)28)18-11-17(13-31(14-18)24(36)37)22(34)30-7-9-38-10-8-30/h3-6,16-18H,7-15H2,1-2H3,(H,36,37)/t17-,18+/m1/s1. The fourth-order valence-corrected chi connectivity index (χ4v) is 5.17. The number of morpholine rings is 1. The number of amides is 3. The number of benzene rings is 1. The molecule has 13 heteroatoms. The van der Waals surface area contributed by atoms with E-state index >= 15 is 0 Å². The number of piperidine rings is 1. The molecule has 0 saturated carbocycles. The minimum atomic E-state index is -4.60. The summed E-state index contributed by atoms with van der Waals surface area (Å²) >= 11 is 0. The topological polar surface area (TPSA) is 108 Å². The van der Waals surface area contributed by atoms with Gasteiger partial charge in [0.15, 0.2) is 0 Å². The SMILES string of the molecule is CC(C)CN(C(=O)c1nc2ccccc2n1CC(F)(F)F)[C@H]1C[C@@H](C(=O)N2CCOCC2)CN(C(=O)O)C1. The molecule has 2 fully saturated rings. The van der Waals surface area contributed by atoms with E-state index in [0.29, 0.717) is 26.3 Å². The van der Waals surface area contributed by atoms with Crippen LogP contribution < -0.4 is 0 Å². The first-order chi connectivity index (χ1) is 17.9. The molecule has 2 atom stereocenters. The molecule has 4 rings (SSSR count). The molecular weight excluding hydrogens is 507 g/mol. The van der Waals surface area contributed by atoms with Crippen LogP contribution in [-0.4, -0.2) is 105 Å². The maximum atomic E-state index is 13.9. The predicted octanol–water partition coefficient (Wildman–Crippen LogP) is 2.92. The fraction of sp³-hybridized carbons (Fsp3) is 0.600. The van der Waals surface area contributed by atoms with Crippen molar-refractivity contribution < 1.29 is 37.4 Å². The number of nitrogens with zero attached hydrogens (tertiary/aromatic N) is 5. The van der Waals surface area contributed by atoms with Gasteiger partial charge in [-0.25, -0.2) is 9.78 Å². The van der Waals surface area contributed by atoms with Gasteiger partial charge in [0.1, 0.15) is 6.54 Å². The number of carbonyl (C=O) groups is 3. The molecule has 2 aromatic rings. The number of carbonyl (C=O) groups excluding carboxylic acids is 2. The Morgan fingerprint density at radius 2 is 1.82 bits per heavy atom. The van der Waals surface area contributed by atoms with Crippen LogP contribution in [0.2, 0.25) is 0 Å². The summed E-state index contributed by atoms with van der Waals surface area (Å²) < 4.78 is 46.7. The second kappa shape index (κ2) is 11.2. The first-order valence-corrected chi connectivity index (χ1v) is 12.6. The van der Waals surface area contributed by atoms with Crippen LogP contribution in [0.3, 0.4) is 0 Å². The van der Waals surface area contributed by atoms with E-state index < -0.39 is 36.7 Å². The number of fused-ring (bicyclic) bond motifs is 1. The zero-order chi connectivity index (χ0) is 27.6. The number of carboxylic acid groups (broad SMARTS) is 1. The van der Waals surface area contributed by atoms with Gasteiger partial charge in [-0.3, -0.25) is 9.59 Å². The Bertz CT molecular complexity index is 1180. The second-order valence-electron chi connectivity index (χ2n) is 10.2. The smallest absolute Gasteiger partial charge is 0.407 e. The number of likely N-dealkylation sites (tertiary alicyclic amines) is 1. The van der Waals surface area contributed by atoms with E-state index in [1.807, 2.05) is 13.8 Å². The number of para-hydroxylation sites is 2. The van der Waals surface area contributed by atoms with Crippen molar-refractivity contribution in [1.29, 1.82) is 0 Å². The quantitative estimate of drug-likeness (QED) is 0.605. The van der Waals surface area contributed by atoms with Gasteiger partial charge in [-0.05, 0) is 24.5 Å². The lowest BCUT2D eigenvalue weighted by Crippen LogP contribution is -2.58. The van der Waals surface area contributed by atoms with Crippen LogP contribution in [0.1, 0.15) is 30.9 Å². The fourth-order valence-electron chi connectivity index (χ4n) is 5.17. The van der Waals surface area contributed by atoms with Crippen LogP contribution >= 0.6 is 0 Å². The zero-order valence-electron chi connectivity index (χ0n) is 21.4. The molecular formula is C25H32F3N5O5. The average Bonchev–Trinajstić information content (AvgIpc) is 3.23. The summed E-state index contributed by atoms with van der Waals surface area (Å²) in [7, 11) is 0. The molecule has 1 aromatic carbocycles. The van der Waals surface area contributed by atoms with Crippen molar-refractivity contribution in [3.8, 4) is 0 Å². The van der Waals surface area contributed by atoms with Gasteiger partial charge >= 0.3 is 12.3 Å². The van der Waals surface area contributed by atoms with Gasteiger partial charge in [0, 0.05) is 32.7 Å². The highest BCUT2D eigenvalue weighted by molar-refractivity contribution is 5.95. The Kier molecular flexibility index (Phi) is 8.14. The molecule has 1 aromatic heterocycles. The molecule has 3 amide bonds. The number of alkyl halides is 3. The monoisotopic (exact) mass is 539 g/mol. The van der Waals surface area contributed by atoms with Crippen molar-refractivity contribution in [2.24, 2.45) is 11.8 Å². The molecule has 2 aliphatic rings. The summed E-state index contributed by atoms with van der Waals surface area (Å²) in [5, 5.41) is 9.79. The van der Waals surface area contributed by atoms with Crippen molar-refractivity contribution >= 4 is 28.9 Å². The highest BCUT2D eigenvalue weighted by Crippen LogP contribution is 2.28. The third-order valence-electron chi connectivity index (χ3n) is 6.82. The van der Waals surface area contributed by atoms with Crippen molar-refractivity contribution in [2.45, 2.75) is 39.0 Å². The summed E-state index contributed by atoms with van der Waals surface area (Å²) in [6.07, 6.45) is -5.63. The molecule has 10 nitrogen and oxygen atoms in total. The molecule has 208 valence electrons. The van der Waals surface area contributed by atoms with Gasteiger partial charge in [-0.1, -0.05) is 26.0 Å². The Balaban J connectivity index is 1.69. The van der Waals surface area contributed by atoms with Crippen LogP contribution in [0.25, 0.3) is 11.0 Å². The van der Waals surface area contributed by atoms with E-state index in [0.717, 1.165) is 9.47 Å². The Hall–Kier alpha value is -3.35. The van der Waals surface area contributed by atoms with Crippen molar-refractivity contribution in [2.75, 3.05) is 45.9 Å². The number of rotatable bonds is 6. The van der Waals surface area contributed by atoms with E-state index in [4.69, 9.17) is 4.74 Å². The molecule has 3 heterocycles. The van der Waals surface area contributed by atoms with Crippen LogP contribution in [0.4, 0.5) is 18.0 Å². The van der Waals surface area contributed by atoms with E-state index in [2.05, 4.69) is 4.98 Å². The normalized spacial score (nSPS) is 20.7. The predicted molar refractivity (Wildman–Crippen MR) is 131 cm³/mol. The Labute approximate surface area is 217 Å². The Morgan fingerprint density at radius 3 is 2.45 bits per heavy atom. The minimum Gasteiger partial charge on any atom is -0.465 e. The summed E-state index contributed by atoms with van der Waals surface area (Å²) in [6, 6.07) is 5.49. The molecule has 0 radical (unpaired) electrons. The lowest BCUT2D eigenvalue weighted by atomic mass is 9.91. The molecule has 0 unspecified atom stereocenters. The molecule has 0 spiro atoms. The van der Waals surface area contributed by atoms with E-state index in [9.17, 15) is 32.7 Å². The van der Waals surface area contributed by atoms with Crippen LogP contribution in [0.5, 0.6) is 0 Å². The molecule has 2 saturated heterocycles. The summed E-state index contributed by atoms with van der Waals surface area (Å²) in [4.78, 5) is 47.6. The number of aromatic nitrogens is 2. The Morgan fingerprint density at radius 1 is 1.13 bits per heavy atom. The summed E-state index contributed by atoms with van der Waals surface area (Å²) in [5.41, 5.74) is 0.426. The molecule has 0 aliphatic carbocycles. The van der Waals surface area contributed by atoms with Gasteiger partial charge in [0.25, 0.3) is 5.91 Å². The number of halogens is 3. The first-order valence-electron chi connectivity index (χ1n) is 12.6. The van der Waals surface area contributed by atoms with Crippen molar-refractivity contribution in [3.63, 3.8) is 0 Å². The second-order valence-corrected chi connectivity index (χ2v) is 10.2. The molecule has 2 aliphatic heterocycles. The van der Waals surface area contributed by atoms with E-state index in [-0.39, 0.29) is 54.7 Å². The van der Waals surface area contributed by atoms with Gasteiger partial charge < -0.3 is 29.1 Å². The van der Waals surface area contributed by atoms with Crippen LogP contribution in [0.15, 0.2) is 24.3 Å². The minimum absolute atomic E-state index is 0.0156. The van der Waals surface area contributed by atoms with Gasteiger partial charge in [0.05, 0.1) is 36.2 Å². The van der Waals surface area contributed by atoms with Crippen molar-refractivity contribution in [3.05, 3.63) is 30.1 Å². The maximum Gasteiger partial charge on any atom is 0.407 e. The van der Waals surface area contributed by atoms with Crippen molar-refractivity contribution in [1.82, 2.24) is 24.3 Å². The summed E-state index contributed by atoms with van der Waals surface area (Å²) in [5.74, 6) is -2.08. The molecule has 0 bridgehead atoms. The lowest BCUT2D eigenvalue weighted by Gasteiger charge is -2.43. The third-order valence-corrected chi connectivity index (χ3v) is 6.82. The van der Waals surface area contributed by atoms with Crippen LogP contribution in [0, 0.1) is 11.8 Å².